The Morgan fingerprint density at radius 3 is 1.62 bits per heavy atom. The molecule has 0 saturated heterocycles. The molecule has 0 aromatic carbocycles. The van der Waals surface area contributed by atoms with Crippen LogP contribution < -0.4 is 0 Å². The van der Waals surface area contributed by atoms with Gasteiger partial charge in [-0.25, -0.2) is 0 Å². The highest BCUT2D eigenvalue weighted by Crippen LogP contribution is 2.68. The van der Waals surface area contributed by atoms with E-state index in [4.69, 9.17) is 0 Å². The molecule has 1 rings (SSSR count). The standard InChI is InChI=1S/C21H42/c1-10-18-16(8)17(9)21(14-5,15(6)7)20(12-3,13-4)19(18)11-2/h15-19H,10-14H2,1-9H3. The Hall–Kier alpha value is 0. The summed E-state index contributed by atoms with van der Waals surface area (Å²) in [7, 11) is 0. The fourth-order valence-electron chi connectivity index (χ4n) is 7.38. The third-order valence-electron chi connectivity index (χ3n) is 8.22. The molecule has 126 valence electrons. The molecular formula is C21H42. The van der Waals surface area contributed by atoms with Crippen LogP contribution in [0.4, 0.5) is 0 Å². The van der Waals surface area contributed by atoms with E-state index >= 15 is 0 Å². The number of hydrogen-bond donors (Lipinski definition) is 0. The van der Waals surface area contributed by atoms with E-state index in [-0.39, 0.29) is 0 Å². The summed E-state index contributed by atoms with van der Waals surface area (Å²) >= 11 is 0. The first kappa shape index (κ1) is 19.0. The minimum atomic E-state index is 0.516. The summed E-state index contributed by atoms with van der Waals surface area (Å²) in [6.07, 6.45) is 6.81. The van der Waals surface area contributed by atoms with Gasteiger partial charge in [0.1, 0.15) is 0 Å². The smallest absolute Gasteiger partial charge is 0.0190 e. The fourth-order valence-corrected chi connectivity index (χ4v) is 7.38. The zero-order chi connectivity index (χ0) is 16.4. The van der Waals surface area contributed by atoms with E-state index in [0.717, 1.165) is 29.6 Å². The van der Waals surface area contributed by atoms with Crippen LogP contribution in [0.5, 0.6) is 0 Å². The Kier molecular flexibility index (Phi) is 6.40. The SMILES string of the molecule is CCC1C(C)C(C)C(CC)(C(C)C)C(CC)(CC)C1CC. The van der Waals surface area contributed by atoms with Gasteiger partial charge in [-0.05, 0) is 59.7 Å². The van der Waals surface area contributed by atoms with Crippen molar-refractivity contribution in [3.05, 3.63) is 0 Å². The summed E-state index contributed by atoms with van der Waals surface area (Å²) in [5.74, 6) is 4.32. The summed E-state index contributed by atoms with van der Waals surface area (Å²) in [4.78, 5) is 0. The highest BCUT2D eigenvalue weighted by molar-refractivity contribution is 5.10. The molecule has 5 unspecified atom stereocenters. The van der Waals surface area contributed by atoms with Crippen LogP contribution in [0.1, 0.15) is 94.4 Å². The predicted molar refractivity (Wildman–Crippen MR) is 96.5 cm³/mol. The van der Waals surface area contributed by atoms with Crippen molar-refractivity contribution >= 4 is 0 Å². The van der Waals surface area contributed by atoms with E-state index in [1.54, 1.807) is 0 Å². The zero-order valence-electron chi connectivity index (χ0n) is 16.4. The summed E-state index contributed by atoms with van der Waals surface area (Å²) in [5.41, 5.74) is 1.06. The Bertz CT molecular complexity index is 312. The van der Waals surface area contributed by atoms with Crippen molar-refractivity contribution in [2.45, 2.75) is 94.4 Å². The van der Waals surface area contributed by atoms with E-state index in [0.29, 0.717) is 10.8 Å². The van der Waals surface area contributed by atoms with Gasteiger partial charge in [-0.2, -0.15) is 0 Å². The number of rotatable bonds is 6. The quantitative estimate of drug-likeness (QED) is 0.486. The second-order valence-corrected chi connectivity index (χ2v) is 8.15. The largest absolute Gasteiger partial charge is 0.0651 e. The Balaban J connectivity index is 3.58. The van der Waals surface area contributed by atoms with E-state index in [9.17, 15) is 0 Å². The average Bonchev–Trinajstić information content (AvgIpc) is 2.48. The Labute approximate surface area is 135 Å². The normalized spacial score (nSPS) is 39.7. The summed E-state index contributed by atoms with van der Waals surface area (Å²) < 4.78 is 0. The predicted octanol–water partition coefficient (Wildman–Crippen LogP) is 7.18. The van der Waals surface area contributed by atoms with Gasteiger partial charge in [0.25, 0.3) is 0 Å². The van der Waals surface area contributed by atoms with Gasteiger partial charge in [-0.15, -0.1) is 0 Å². The van der Waals surface area contributed by atoms with Crippen molar-refractivity contribution in [1.82, 2.24) is 0 Å². The molecule has 0 N–H and O–H groups in total. The minimum Gasteiger partial charge on any atom is -0.0651 e. The molecular weight excluding hydrogens is 252 g/mol. The minimum absolute atomic E-state index is 0.516. The van der Waals surface area contributed by atoms with Gasteiger partial charge in [-0.3, -0.25) is 0 Å². The van der Waals surface area contributed by atoms with Crippen LogP contribution in [0.15, 0.2) is 0 Å². The van der Waals surface area contributed by atoms with Crippen molar-refractivity contribution in [1.29, 1.82) is 0 Å². The summed E-state index contributed by atoms with van der Waals surface area (Å²) in [6, 6.07) is 0. The van der Waals surface area contributed by atoms with Crippen LogP contribution >= 0.6 is 0 Å². The number of hydrogen-bond acceptors (Lipinski definition) is 0. The molecule has 21 heavy (non-hydrogen) atoms. The van der Waals surface area contributed by atoms with E-state index in [2.05, 4.69) is 62.3 Å². The maximum atomic E-state index is 2.59. The van der Waals surface area contributed by atoms with Gasteiger partial charge < -0.3 is 0 Å². The molecule has 0 heterocycles. The van der Waals surface area contributed by atoms with Crippen LogP contribution in [0.3, 0.4) is 0 Å². The van der Waals surface area contributed by atoms with Crippen LogP contribution in [-0.4, -0.2) is 0 Å². The fraction of sp³-hybridized carbons (Fsp3) is 1.00. The Morgan fingerprint density at radius 2 is 1.33 bits per heavy atom. The van der Waals surface area contributed by atoms with Gasteiger partial charge in [-0.1, -0.05) is 75.2 Å². The third kappa shape index (κ3) is 2.40. The molecule has 5 atom stereocenters. The first-order valence-corrected chi connectivity index (χ1v) is 9.84. The van der Waals surface area contributed by atoms with Crippen molar-refractivity contribution in [3.63, 3.8) is 0 Å². The molecule has 0 aromatic rings. The zero-order valence-corrected chi connectivity index (χ0v) is 16.4. The maximum Gasteiger partial charge on any atom is -0.0190 e. The highest BCUT2D eigenvalue weighted by atomic mass is 14.7. The summed E-state index contributed by atoms with van der Waals surface area (Å²) in [6.45, 7) is 22.5. The van der Waals surface area contributed by atoms with Crippen LogP contribution in [-0.2, 0) is 0 Å². The van der Waals surface area contributed by atoms with Crippen molar-refractivity contribution in [2.24, 2.45) is 40.4 Å². The van der Waals surface area contributed by atoms with E-state index in [1.807, 2.05) is 0 Å². The molecule has 0 amide bonds. The van der Waals surface area contributed by atoms with Crippen molar-refractivity contribution in [3.8, 4) is 0 Å². The second kappa shape index (κ2) is 7.05. The van der Waals surface area contributed by atoms with E-state index < -0.39 is 0 Å². The first-order chi connectivity index (χ1) is 9.84. The molecule has 0 spiro atoms. The topological polar surface area (TPSA) is 0 Å². The molecule has 1 aliphatic carbocycles. The first-order valence-electron chi connectivity index (χ1n) is 9.84. The molecule has 0 heteroatoms. The molecule has 1 aliphatic rings. The van der Waals surface area contributed by atoms with Crippen molar-refractivity contribution in [2.75, 3.05) is 0 Å². The van der Waals surface area contributed by atoms with Crippen LogP contribution in [0, 0.1) is 40.4 Å². The molecule has 0 aliphatic heterocycles. The van der Waals surface area contributed by atoms with Gasteiger partial charge >= 0.3 is 0 Å². The third-order valence-corrected chi connectivity index (χ3v) is 8.22. The summed E-state index contributed by atoms with van der Waals surface area (Å²) in [5, 5.41) is 0. The monoisotopic (exact) mass is 294 g/mol. The Morgan fingerprint density at radius 1 is 0.810 bits per heavy atom. The molecule has 0 radical (unpaired) electrons. The van der Waals surface area contributed by atoms with Crippen molar-refractivity contribution < 1.29 is 0 Å². The molecule has 0 nitrogen and oxygen atoms in total. The van der Waals surface area contributed by atoms with Crippen LogP contribution in [0.25, 0.3) is 0 Å². The van der Waals surface area contributed by atoms with Crippen LogP contribution in [0.2, 0.25) is 0 Å². The molecule has 1 saturated carbocycles. The second-order valence-electron chi connectivity index (χ2n) is 8.15. The van der Waals surface area contributed by atoms with E-state index in [1.165, 1.54) is 32.1 Å². The average molecular weight is 295 g/mol. The van der Waals surface area contributed by atoms with Gasteiger partial charge in [0, 0.05) is 0 Å². The molecule has 1 fully saturated rings. The highest BCUT2D eigenvalue weighted by Gasteiger charge is 2.62. The van der Waals surface area contributed by atoms with Gasteiger partial charge in [0.2, 0.25) is 0 Å². The lowest BCUT2D eigenvalue weighted by Crippen LogP contribution is -2.61. The molecule has 0 bridgehead atoms. The van der Waals surface area contributed by atoms with Gasteiger partial charge in [0.15, 0.2) is 0 Å². The lowest BCUT2D eigenvalue weighted by atomic mass is 9.37. The molecule has 0 aromatic heterocycles. The lowest BCUT2D eigenvalue weighted by Gasteiger charge is -2.67. The van der Waals surface area contributed by atoms with Gasteiger partial charge in [0.05, 0.1) is 0 Å². The maximum absolute atomic E-state index is 2.59. The lowest BCUT2D eigenvalue weighted by molar-refractivity contribution is -0.189.